The summed E-state index contributed by atoms with van der Waals surface area (Å²) in [4.78, 5) is 0. The Bertz CT molecular complexity index is 3440. The van der Waals surface area contributed by atoms with Gasteiger partial charge in [0.1, 0.15) is 5.66 Å². The van der Waals surface area contributed by atoms with Crippen LogP contribution < -0.4 is 16.4 Å². The van der Waals surface area contributed by atoms with Crippen LogP contribution in [0, 0.1) is 0 Å². The summed E-state index contributed by atoms with van der Waals surface area (Å²) in [6.07, 6.45) is 9.94. The second-order valence-electron chi connectivity index (χ2n) is 16.8. The predicted molar refractivity (Wildman–Crippen MR) is 277 cm³/mol. The quantitative estimate of drug-likeness (QED) is 0.133. The Morgan fingerprint density at radius 1 is 0.531 bits per heavy atom. The van der Waals surface area contributed by atoms with Crippen LogP contribution in [0.15, 0.2) is 194 Å². The number of likely N-dealkylation sites (N-methyl/N-ethyl adjacent to an activating group) is 2. The van der Waals surface area contributed by atoms with E-state index in [1.165, 1.54) is 113 Å². The van der Waals surface area contributed by atoms with Crippen molar-refractivity contribution in [3.63, 3.8) is 0 Å². The summed E-state index contributed by atoms with van der Waals surface area (Å²) < 4.78 is 5.35. The van der Waals surface area contributed by atoms with E-state index >= 15 is 0 Å². The van der Waals surface area contributed by atoms with Crippen molar-refractivity contribution >= 4 is 63.0 Å². The van der Waals surface area contributed by atoms with Crippen molar-refractivity contribution in [1.82, 2.24) is 10.6 Å². The van der Waals surface area contributed by atoms with E-state index < -0.39 is 0 Å². The predicted octanol–water partition coefficient (Wildman–Crippen LogP) is 15.0. The van der Waals surface area contributed by atoms with Crippen LogP contribution >= 0.6 is 22.7 Å². The third-order valence-corrected chi connectivity index (χ3v) is 15.6. The van der Waals surface area contributed by atoms with E-state index in [1.54, 1.807) is 0 Å². The molecule has 0 radical (unpaired) electrons. The average Bonchev–Trinajstić information content (AvgIpc) is 4.07. The zero-order valence-electron chi connectivity index (χ0n) is 36.1. The summed E-state index contributed by atoms with van der Waals surface area (Å²) in [6, 6.07) is 62.1. The number of thiophene rings is 2. The fourth-order valence-corrected chi connectivity index (χ4v) is 12.6. The first-order chi connectivity index (χ1) is 31.6. The molecule has 0 saturated carbocycles. The lowest BCUT2D eigenvalue weighted by molar-refractivity contribution is 0.370. The van der Waals surface area contributed by atoms with Crippen LogP contribution in [0.3, 0.4) is 0 Å². The molecule has 2 aliphatic rings. The molecule has 3 nitrogen and oxygen atoms in total. The van der Waals surface area contributed by atoms with Gasteiger partial charge in [0.25, 0.3) is 0 Å². The molecular weight excluding hydrogens is 815 g/mol. The van der Waals surface area contributed by atoms with E-state index in [2.05, 4.69) is 199 Å². The summed E-state index contributed by atoms with van der Waals surface area (Å²) >= 11 is 3.77. The fraction of sp³-hybridized carbons (Fsp3) is 0.119. The Labute approximate surface area is 383 Å². The highest BCUT2D eigenvalue weighted by Crippen LogP contribution is 2.50. The number of rotatable bonds is 8. The van der Waals surface area contributed by atoms with Gasteiger partial charge in [-0.3, -0.25) is 10.6 Å². The van der Waals surface area contributed by atoms with Crippen molar-refractivity contribution < 1.29 is 0 Å². The zero-order chi connectivity index (χ0) is 43.2. The van der Waals surface area contributed by atoms with Crippen LogP contribution in [0.2, 0.25) is 0 Å². The number of nitrogens with one attached hydrogen (secondary N) is 2. The lowest BCUT2D eigenvalue weighted by atomic mass is 9.86. The highest BCUT2D eigenvalue weighted by atomic mass is 32.1. The highest BCUT2D eigenvalue weighted by molar-refractivity contribution is 7.26. The van der Waals surface area contributed by atoms with Crippen LogP contribution in [0.1, 0.15) is 35.1 Å². The Morgan fingerprint density at radius 2 is 1.14 bits per heavy atom. The standard InChI is InChI=1S/C38H25NS2.C21H24N2/c39-21-23-9-5-8-22-18-30-29(26-13-7-17-35-38(26)28-11-2-4-15-33(28)41-35)19-24(20-31(30)36(22)23)25-12-6-16-34-37(25)27-10-1-3-14-32(27)40-34;1-22-21(23-2,19-13-7-4-8-14-19)20-15-9-12-18(16-20)17-10-5-3-6-11-17/h1-17,19-20H,18,21,39H2;3,5-7,9-16,22-23H,4,8H2,1-2H3. The fourth-order valence-electron chi connectivity index (χ4n) is 10.3. The molecule has 0 fully saturated rings. The van der Waals surface area contributed by atoms with Crippen molar-refractivity contribution in [2.24, 2.45) is 5.73 Å². The van der Waals surface area contributed by atoms with Gasteiger partial charge in [0.05, 0.1) is 0 Å². The smallest absolute Gasteiger partial charge is 0.121 e. The summed E-state index contributed by atoms with van der Waals surface area (Å²) in [7, 11) is 4.02. The number of hydrogen-bond donors (Lipinski definition) is 3. The summed E-state index contributed by atoms with van der Waals surface area (Å²) in [5.74, 6) is 0. The maximum absolute atomic E-state index is 6.33. The van der Waals surface area contributed by atoms with Crippen LogP contribution in [0.5, 0.6) is 0 Å². The molecule has 0 bridgehead atoms. The molecule has 0 aliphatic heterocycles. The normalized spacial score (nSPS) is 13.3. The molecule has 312 valence electrons. The molecule has 4 N–H and O–H groups in total. The third kappa shape index (κ3) is 6.83. The average molecular weight is 864 g/mol. The first kappa shape index (κ1) is 40.3. The largest absolute Gasteiger partial charge is 0.326 e. The van der Waals surface area contributed by atoms with E-state index in [9.17, 15) is 0 Å². The molecule has 0 saturated heterocycles. The number of benzene rings is 8. The topological polar surface area (TPSA) is 50.1 Å². The molecule has 0 amide bonds. The molecule has 2 aliphatic carbocycles. The second kappa shape index (κ2) is 16.9. The van der Waals surface area contributed by atoms with Gasteiger partial charge in [-0.15, -0.1) is 22.7 Å². The van der Waals surface area contributed by atoms with E-state index in [4.69, 9.17) is 5.73 Å². The maximum Gasteiger partial charge on any atom is 0.121 e. The number of hydrogen-bond acceptors (Lipinski definition) is 5. The van der Waals surface area contributed by atoms with Crippen molar-refractivity contribution in [2.45, 2.75) is 31.5 Å². The van der Waals surface area contributed by atoms with E-state index in [0.29, 0.717) is 6.54 Å². The Kier molecular flexibility index (Phi) is 10.7. The third-order valence-electron chi connectivity index (χ3n) is 13.3. The lowest BCUT2D eigenvalue weighted by Gasteiger charge is -2.36. The summed E-state index contributed by atoms with van der Waals surface area (Å²) in [5, 5.41) is 12.4. The van der Waals surface area contributed by atoms with Crippen molar-refractivity contribution in [1.29, 1.82) is 0 Å². The van der Waals surface area contributed by atoms with Crippen LogP contribution in [0.25, 0.3) is 84.9 Å². The lowest BCUT2D eigenvalue weighted by Crippen LogP contribution is -2.52. The van der Waals surface area contributed by atoms with E-state index in [-0.39, 0.29) is 5.66 Å². The first-order valence-corrected chi connectivity index (χ1v) is 23.9. The van der Waals surface area contributed by atoms with Crippen LogP contribution in [-0.2, 0) is 18.6 Å². The van der Waals surface area contributed by atoms with Gasteiger partial charge >= 0.3 is 0 Å². The first-order valence-electron chi connectivity index (χ1n) is 22.3. The molecule has 0 spiro atoms. The van der Waals surface area contributed by atoms with Gasteiger partial charge in [0.15, 0.2) is 0 Å². The SMILES string of the molecule is CNC(NC)(C1=CCCC=C1)c1cccc(-c2ccccc2)c1.NCc1cccc2c1-c1cc(-c3cccc4sc5ccccc5c34)cc(-c3cccc4sc5ccccc5c34)c1C2. The summed E-state index contributed by atoms with van der Waals surface area (Å²) in [6.45, 7) is 0.539. The minimum atomic E-state index is -0.359. The van der Waals surface area contributed by atoms with Crippen LogP contribution in [0.4, 0.5) is 0 Å². The maximum atomic E-state index is 6.33. The molecule has 5 heteroatoms. The molecule has 64 heavy (non-hydrogen) atoms. The number of nitrogens with two attached hydrogens (primary N) is 1. The van der Waals surface area contributed by atoms with Gasteiger partial charge in [0.2, 0.25) is 0 Å². The van der Waals surface area contributed by atoms with Crippen molar-refractivity contribution in [2.75, 3.05) is 14.1 Å². The minimum absolute atomic E-state index is 0.359. The molecule has 10 aromatic rings. The van der Waals surface area contributed by atoms with Gasteiger partial charge in [-0.05, 0) is 148 Å². The van der Waals surface area contributed by atoms with Gasteiger partial charge < -0.3 is 5.73 Å². The number of fused-ring (bicyclic) bond motifs is 9. The summed E-state index contributed by atoms with van der Waals surface area (Å²) in [5.41, 5.74) is 22.8. The highest BCUT2D eigenvalue weighted by Gasteiger charge is 2.32. The Balaban J connectivity index is 0.000000169. The molecule has 2 aromatic heterocycles. The molecule has 2 heterocycles. The molecule has 0 atom stereocenters. The van der Waals surface area contributed by atoms with Gasteiger partial charge in [0, 0.05) is 46.9 Å². The van der Waals surface area contributed by atoms with Gasteiger partial charge in [-0.1, -0.05) is 146 Å². The zero-order valence-corrected chi connectivity index (χ0v) is 37.8. The van der Waals surface area contributed by atoms with Gasteiger partial charge in [-0.25, -0.2) is 0 Å². The Hall–Kier alpha value is -6.44. The van der Waals surface area contributed by atoms with Crippen LogP contribution in [-0.4, -0.2) is 14.1 Å². The monoisotopic (exact) mass is 863 g/mol. The van der Waals surface area contributed by atoms with Crippen molar-refractivity contribution in [3.8, 4) is 44.5 Å². The van der Waals surface area contributed by atoms with Crippen molar-refractivity contribution in [3.05, 3.63) is 216 Å². The second-order valence-corrected chi connectivity index (χ2v) is 18.9. The Morgan fingerprint density at radius 3 is 1.83 bits per heavy atom. The number of allylic oxidation sites excluding steroid dienone is 2. The molecule has 8 aromatic carbocycles. The minimum Gasteiger partial charge on any atom is -0.326 e. The van der Waals surface area contributed by atoms with E-state index in [1.807, 2.05) is 36.8 Å². The molecule has 12 rings (SSSR count). The van der Waals surface area contributed by atoms with E-state index in [0.717, 1.165) is 19.3 Å². The van der Waals surface area contributed by atoms with Gasteiger partial charge in [-0.2, -0.15) is 0 Å². The molecular formula is C59H49N3S2. The molecule has 0 unspecified atom stereocenters.